The van der Waals surface area contributed by atoms with Crippen LogP contribution in [-0.4, -0.2) is 17.1 Å². The molecule has 0 spiro atoms. The summed E-state index contributed by atoms with van der Waals surface area (Å²) in [6.07, 6.45) is 1.37. The minimum Gasteiger partial charge on any atom is -0.497 e. The predicted molar refractivity (Wildman–Crippen MR) is 84.5 cm³/mol. The van der Waals surface area contributed by atoms with Crippen LogP contribution in [0, 0.1) is 5.82 Å². The number of methoxy groups -OCH3 is 1. The molecule has 0 bridgehead atoms. The molecule has 1 N–H and O–H groups in total. The average molecular weight is 297 g/mol. The maximum Gasteiger partial charge on any atom is 0.149 e. The molecule has 0 fully saturated rings. The summed E-state index contributed by atoms with van der Waals surface area (Å²) in [4.78, 5) is 8.24. The lowest BCUT2D eigenvalue weighted by atomic mass is 10.1. The smallest absolute Gasteiger partial charge is 0.149 e. The fourth-order valence-corrected chi connectivity index (χ4v) is 2.35. The number of rotatable bonds is 4. The highest BCUT2D eigenvalue weighted by atomic mass is 19.1. The Balaban J connectivity index is 1.90. The van der Waals surface area contributed by atoms with Crippen molar-refractivity contribution in [2.24, 2.45) is 0 Å². The van der Waals surface area contributed by atoms with Gasteiger partial charge in [0.05, 0.1) is 7.11 Å². The molecule has 2 aromatic carbocycles. The van der Waals surface area contributed by atoms with Crippen molar-refractivity contribution in [2.75, 3.05) is 12.4 Å². The van der Waals surface area contributed by atoms with Crippen LogP contribution in [0.25, 0.3) is 10.9 Å². The second-order valence-corrected chi connectivity index (χ2v) is 5.00. The van der Waals surface area contributed by atoms with Gasteiger partial charge in [-0.1, -0.05) is 18.2 Å². The zero-order chi connectivity index (χ0) is 15.5. The number of hydrogen-bond acceptors (Lipinski definition) is 4. The summed E-state index contributed by atoms with van der Waals surface area (Å²) in [5, 5.41) is 3.98. The number of fused-ring (bicyclic) bond motifs is 1. The third kappa shape index (κ3) is 2.70. The van der Waals surface area contributed by atoms with Gasteiger partial charge in [-0.2, -0.15) is 0 Å². The monoisotopic (exact) mass is 297 g/mol. The van der Waals surface area contributed by atoms with Gasteiger partial charge in [0, 0.05) is 11.4 Å². The summed E-state index contributed by atoms with van der Waals surface area (Å²) in [6.45, 7) is 2.02. The lowest BCUT2D eigenvalue weighted by Gasteiger charge is -2.16. The Morgan fingerprint density at radius 1 is 1.09 bits per heavy atom. The van der Waals surface area contributed by atoms with Crippen LogP contribution in [0.15, 0.2) is 48.8 Å². The average Bonchev–Trinajstić information content (AvgIpc) is 2.56. The highest BCUT2D eigenvalue weighted by Gasteiger charge is 2.11. The number of aromatic nitrogens is 2. The second kappa shape index (κ2) is 5.97. The normalized spacial score (nSPS) is 12.1. The van der Waals surface area contributed by atoms with Gasteiger partial charge in [0.25, 0.3) is 0 Å². The Bertz CT molecular complexity index is 790. The molecule has 1 atom stereocenters. The molecule has 0 aliphatic heterocycles. The molecule has 3 rings (SSSR count). The van der Waals surface area contributed by atoms with Gasteiger partial charge in [0.2, 0.25) is 0 Å². The van der Waals surface area contributed by atoms with Crippen LogP contribution in [0.4, 0.5) is 10.2 Å². The number of ether oxygens (including phenoxy) is 1. The van der Waals surface area contributed by atoms with Crippen molar-refractivity contribution in [1.82, 2.24) is 9.97 Å². The molecule has 3 aromatic rings. The first-order valence-corrected chi connectivity index (χ1v) is 6.99. The summed E-state index contributed by atoms with van der Waals surface area (Å²) < 4.78 is 18.9. The molecule has 0 aliphatic rings. The molecule has 112 valence electrons. The van der Waals surface area contributed by atoms with Gasteiger partial charge in [-0.25, -0.2) is 14.4 Å². The second-order valence-electron chi connectivity index (χ2n) is 5.00. The van der Waals surface area contributed by atoms with Crippen LogP contribution >= 0.6 is 0 Å². The molecule has 22 heavy (non-hydrogen) atoms. The zero-order valence-electron chi connectivity index (χ0n) is 12.4. The molecule has 0 radical (unpaired) electrons. The Hall–Kier alpha value is -2.69. The molecule has 0 saturated heterocycles. The minimum absolute atomic E-state index is 0.0206. The van der Waals surface area contributed by atoms with Gasteiger partial charge >= 0.3 is 0 Å². The van der Waals surface area contributed by atoms with E-state index in [0.29, 0.717) is 16.7 Å². The van der Waals surface area contributed by atoms with Crippen molar-refractivity contribution in [2.45, 2.75) is 13.0 Å². The van der Waals surface area contributed by atoms with Crippen molar-refractivity contribution in [1.29, 1.82) is 0 Å². The number of hydrogen-bond donors (Lipinski definition) is 1. The highest BCUT2D eigenvalue weighted by molar-refractivity contribution is 5.89. The highest BCUT2D eigenvalue weighted by Crippen LogP contribution is 2.26. The van der Waals surface area contributed by atoms with Crippen molar-refractivity contribution in [3.05, 3.63) is 60.2 Å². The molecule has 0 aliphatic carbocycles. The maximum absolute atomic E-state index is 13.8. The SMILES string of the molecule is COc1ccc(C(C)Nc2ncnc3c(F)cccc23)cc1. The van der Waals surface area contributed by atoms with Crippen LogP contribution in [0.3, 0.4) is 0 Å². The van der Waals surface area contributed by atoms with Crippen molar-refractivity contribution < 1.29 is 9.13 Å². The number of benzene rings is 2. The van der Waals surface area contributed by atoms with E-state index in [4.69, 9.17) is 4.74 Å². The summed E-state index contributed by atoms with van der Waals surface area (Å²) in [5.74, 6) is 1.08. The molecular weight excluding hydrogens is 281 g/mol. The molecule has 0 saturated carbocycles. The van der Waals surface area contributed by atoms with Gasteiger partial charge in [0.15, 0.2) is 0 Å². The zero-order valence-corrected chi connectivity index (χ0v) is 12.4. The molecule has 1 unspecified atom stereocenters. The molecule has 0 amide bonds. The van der Waals surface area contributed by atoms with Crippen LogP contribution in [0.2, 0.25) is 0 Å². The Morgan fingerprint density at radius 3 is 2.59 bits per heavy atom. The van der Waals surface area contributed by atoms with E-state index < -0.39 is 0 Å². The standard InChI is InChI=1S/C17H16FN3O/c1-11(12-6-8-13(22-2)9-7-12)21-17-14-4-3-5-15(18)16(14)19-10-20-17/h3-11H,1-2H3,(H,19,20,21). The number of nitrogens with one attached hydrogen (secondary N) is 1. The maximum atomic E-state index is 13.8. The van der Waals surface area contributed by atoms with E-state index in [1.165, 1.54) is 12.4 Å². The number of nitrogens with zero attached hydrogens (tertiary/aromatic N) is 2. The van der Waals surface area contributed by atoms with Gasteiger partial charge < -0.3 is 10.1 Å². The van der Waals surface area contributed by atoms with E-state index in [1.807, 2.05) is 37.3 Å². The summed E-state index contributed by atoms with van der Waals surface area (Å²) in [6, 6.07) is 12.7. The van der Waals surface area contributed by atoms with E-state index in [-0.39, 0.29) is 11.9 Å². The fraction of sp³-hybridized carbons (Fsp3) is 0.176. The van der Waals surface area contributed by atoms with E-state index in [1.54, 1.807) is 13.2 Å². The Kier molecular flexibility index (Phi) is 3.87. The summed E-state index contributed by atoms with van der Waals surface area (Å²) in [5.41, 5.74) is 1.41. The largest absolute Gasteiger partial charge is 0.497 e. The van der Waals surface area contributed by atoms with Crippen LogP contribution in [-0.2, 0) is 0 Å². The molecule has 4 nitrogen and oxygen atoms in total. The lowest BCUT2D eigenvalue weighted by Crippen LogP contribution is -2.08. The first-order valence-electron chi connectivity index (χ1n) is 6.99. The molecule has 1 heterocycles. The third-order valence-electron chi connectivity index (χ3n) is 3.58. The minimum atomic E-state index is -0.347. The van der Waals surface area contributed by atoms with E-state index >= 15 is 0 Å². The lowest BCUT2D eigenvalue weighted by molar-refractivity contribution is 0.414. The third-order valence-corrected chi connectivity index (χ3v) is 3.58. The first kappa shape index (κ1) is 14.3. The van der Waals surface area contributed by atoms with Crippen molar-refractivity contribution >= 4 is 16.7 Å². The van der Waals surface area contributed by atoms with E-state index in [0.717, 1.165) is 11.3 Å². The van der Waals surface area contributed by atoms with Gasteiger partial charge in [-0.05, 0) is 36.8 Å². The number of anilines is 1. The van der Waals surface area contributed by atoms with Gasteiger partial charge in [-0.3, -0.25) is 0 Å². The Labute approximate surface area is 128 Å². The van der Waals surface area contributed by atoms with E-state index in [2.05, 4.69) is 15.3 Å². The van der Waals surface area contributed by atoms with Crippen LogP contribution in [0.1, 0.15) is 18.5 Å². The first-order chi connectivity index (χ1) is 10.7. The summed E-state index contributed by atoms with van der Waals surface area (Å²) >= 11 is 0. The Morgan fingerprint density at radius 2 is 1.86 bits per heavy atom. The number of para-hydroxylation sites is 1. The quantitative estimate of drug-likeness (QED) is 0.792. The van der Waals surface area contributed by atoms with E-state index in [9.17, 15) is 4.39 Å². The topological polar surface area (TPSA) is 47.0 Å². The number of halogens is 1. The van der Waals surface area contributed by atoms with Crippen LogP contribution in [0.5, 0.6) is 5.75 Å². The van der Waals surface area contributed by atoms with Crippen molar-refractivity contribution in [3.8, 4) is 5.75 Å². The molecule has 1 aromatic heterocycles. The molecule has 5 heteroatoms. The van der Waals surface area contributed by atoms with Crippen molar-refractivity contribution in [3.63, 3.8) is 0 Å². The summed E-state index contributed by atoms with van der Waals surface area (Å²) in [7, 11) is 1.64. The molecular formula is C17H16FN3O. The fourth-order valence-electron chi connectivity index (χ4n) is 2.35. The van der Waals surface area contributed by atoms with Gasteiger partial charge in [0.1, 0.15) is 29.2 Å². The van der Waals surface area contributed by atoms with Crippen LogP contribution < -0.4 is 10.1 Å². The van der Waals surface area contributed by atoms with Gasteiger partial charge in [-0.15, -0.1) is 0 Å². The predicted octanol–water partition coefficient (Wildman–Crippen LogP) is 3.95.